The highest BCUT2D eigenvalue weighted by atomic mass is 19.1. The molecule has 2 aromatic heterocycles. The SMILES string of the molecule is CC1(O)CC(N)(c2ccc(-c3nc4cc(-c5ccc(F)cc5)nn4cc3-c3ccccc3)cc2)C1. The van der Waals surface area contributed by atoms with E-state index in [2.05, 4.69) is 12.1 Å². The summed E-state index contributed by atoms with van der Waals surface area (Å²) in [6.07, 6.45) is 3.07. The van der Waals surface area contributed by atoms with Crippen molar-refractivity contribution in [3.63, 3.8) is 0 Å². The molecule has 0 amide bonds. The fourth-order valence-electron chi connectivity index (χ4n) is 5.20. The van der Waals surface area contributed by atoms with Crippen LogP contribution in [-0.2, 0) is 5.54 Å². The molecule has 6 rings (SSSR count). The molecule has 6 heteroatoms. The Labute approximate surface area is 202 Å². The van der Waals surface area contributed by atoms with Crippen LogP contribution in [0.5, 0.6) is 0 Å². The summed E-state index contributed by atoms with van der Waals surface area (Å²) in [5.41, 5.74) is 12.4. The van der Waals surface area contributed by atoms with Gasteiger partial charge >= 0.3 is 0 Å². The lowest BCUT2D eigenvalue weighted by atomic mass is 9.63. The van der Waals surface area contributed by atoms with Crippen LogP contribution in [0.4, 0.5) is 4.39 Å². The molecule has 1 fully saturated rings. The number of benzene rings is 3. The van der Waals surface area contributed by atoms with Gasteiger partial charge in [-0.05, 0) is 55.2 Å². The molecule has 35 heavy (non-hydrogen) atoms. The predicted octanol–water partition coefficient (Wildman–Crippen LogP) is 5.57. The Balaban J connectivity index is 1.45. The zero-order valence-electron chi connectivity index (χ0n) is 19.3. The van der Waals surface area contributed by atoms with Crippen LogP contribution in [-0.4, -0.2) is 25.3 Å². The highest BCUT2D eigenvalue weighted by Gasteiger charge is 2.49. The van der Waals surface area contributed by atoms with Crippen LogP contribution in [0.1, 0.15) is 25.3 Å². The molecule has 1 aliphatic carbocycles. The number of aromatic nitrogens is 3. The molecule has 174 valence electrons. The Morgan fingerprint density at radius 1 is 0.886 bits per heavy atom. The zero-order valence-corrected chi connectivity index (χ0v) is 19.3. The van der Waals surface area contributed by atoms with E-state index in [-0.39, 0.29) is 5.82 Å². The second kappa shape index (κ2) is 7.83. The number of rotatable bonds is 4. The van der Waals surface area contributed by atoms with Gasteiger partial charge in [0, 0.05) is 34.5 Å². The van der Waals surface area contributed by atoms with Crippen molar-refractivity contribution >= 4 is 5.65 Å². The van der Waals surface area contributed by atoms with E-state index in [0.717, 1.165) is 39.2 Å². The van der Waals surface area contributed by atoms with Crippen LogP contribution in [0.3, 0.4) is 0 Å². The Morgan fingerprint density at radius 2 is 1.54 bits per heavy atom. The average molecular weight is 465 g/mol. The van der Waals surface area contributed by atoms with Crippen molar-refractivity contribution in [1.29, 1.82) is 0 Å². The maximum atomic E-state index is 13.4. The minimum Gasteiger partial charge on any atom is -0.390 e. The summed E-state index contributed by atoms with van der Waals surface area (Å²) in [7, 11) is 0. The summed E-state index contributed by atoms with van der Waals surface area (Å²) in [5.74, 6) is -0.280. The molecule has 0 bridgehead atoms. The first-order valence-corrected chi connectivity index (χ1v) is 11.6. The van der Waals surface area contributed by atoms with Crippen molar-refractivity contribution in [2.45, 2.75) is 30.9 Å². The lowest BCUT2D eigenvalue weighted by Gasteiger charge is -2.49. The molecule has 0 saturated heterocycles. The number of halogens is 1. The van der Waals surface area contributed by atoms with Crippen LogP contribution >= 0.6 is 0 Å². The minimum absolute atomic E-state index is 0.280. The van der Waals surface area contributed by atoms with E-state index in [9.17, 15) is 9.50 Å². The van der Waals surface area contributed by atoms with Gasteiger partial charge in [-0.2, -0.15) is 5.10 Å². The fraction of sp³-hybridized carbons (Fsp3) is 0.172. The lowest BCUT2D eigenvalue weighted by molar-refractivity contribution is -0.0738. The standard InChI is InChI=1S/C29H25FN4O/c1-28(35)17-29(31,18-28)22-11-7-21(8-12-22)27-24(19-5-3-2-4-6-19)16-34-26(32-27)15-25(33-34)20-9-13-23(30)14-10-20/h2-16,35H,17-18,31H2,1H3. The molecule has 2 heterocycles. The van der Waals surface area contributed by atoms with E-state index in [1.807, 2.05) is 61.7 Å². The summed E-state index contributed by atoms with van der Waals surface area (Å²) in [6.45, 7) is 1.82. The normalized spacial score (nSPS) is 21.7. The molecule has 0 aliphatic heterocycles. The third-order valence-electron chi connectivity index (χ3n) is 6.80. The van der Waals surface area contributed by atoms with Gasteiger partial charge in [0.05, 0.1) is 17.0 Å². The van der Waals surface area contributed by atoms with E-state index < -0.39 is 11.1 Å². The van der Waals surface area contributed by atoms with Gasteiger partial charge in [0.15, 0.2) is 5.65 Å². The molecule has 1 saturated carbocycles. The molecule has 5 aromatic rings. The Morgan fingerprint density at radius 3 is 2.20 bits per heavy atom. The van der Waals surface area contributed by atoms with Gasteiger partial charge < -0.3 is 10.8 Å². The molecule has 0 unspecified atom stereocenters. The number of hydrogen-bond acceptors (Lipinski definition) is 4. The van der Waals surface area contributed by atoms with Crippen LogP contribution < -0.4 is 5.73 Å². The van der Waals surface area contributed by atoms with Crippen LogP contribution in [0.2, 0.25) is 0 Å². The lowest BCUT2D eigenvalue weighted by Crippen LogP contribution is -2.58. The third-order valence-corrected chi connectivity index (χ3v) is 6.80. The van der Waals surface area contributed by atoms with Gasteiger partial charge in [-0.3, -0.25) is 0 Å². The quantitative estimate of drug-likeness (QED) is 0.365. The Bertz CT molecular complexity index is 1520. The first-order chi connectivity index (χ1) is 16.8. The number of nitrogens with two attached hydrogens (primary N) is 1. The molecular formula is C29H25FN4O. The van der Waals surface area contributed by atoms with Gasteiger partial charge in [-0.1, -0.05) is 54.6 Å². The van der Waals surface area contributed by atoms with E-state index >= 15 is 0 Å². The van der Waals surface area contributed by atoms with Gasteiger partial charge in [-0.15, -0.1) is 0 Å². The number of nitrogens with zero attached hydrogens (tertiary/aromatic N) is 3. The number of hydrogen-bond donors (Lipinski definition) is 2. The van der Waals surface area contributed by atoms with E-state index in [4.69, 9.17) is 15.8 Å². The van der Waals surface area contributed by atoms with Crippen LogP contribution in [0, 0.1) is 5.82 Å². The van der Waals surface area contributed by atoms with Gasteiger partial charge in [-0.25, -0.2) is 13.9 Å². The molecule has 0 spiro atoms. The van der Waals surface area contributed by atoms with Gasteiger partial charge in [0.25, 0.3) is 0 Å². The molecule has 1 aliphatic rings. The zero-order chi connectivity index (χ0) is 24.2. The summed E-state index contributed by atoms with van der Waals surface area (Å²) in [5, 5.41) is 14.9. The van der Waals surface area contributed by atoms with Gasteiger partial charge in [0.2, 0.25) is 0 Å². The molecule has 3 N–H and O–H groups in total. The maximum Gasteiger partial charge on any atom is 0.156 e. The highest BCUT2D eigenvalue weighted by Crippen LogP contribution is 2.46. The maximum absolute atomic E-state index is 13.4. The molecule has 0 radical (unpaired) electrons. The smallest absolute Gasteiger partial charge is 0.156 e. The van der Waals surface area contributed by atoms with Crippen LogP contribution in [0.15, 0.2) is 91.1 Å². The molecule has 0 atom stereocenters. The topological polar surface area (TPSA) is 76.4 Å². The summed E-state index contributed by atoms with van der Waals surface area (Å²) in [6, 6.07) is 26.4. The van der Waals surface area contributed by atoms with Crippen molar-refractivity contribution in [2.75, 3.05) is 0 Å². The number of fused-ring (bicyclic) bond motifs is 1. The average Bonchev–Trinajstić information content (AvgIpc) is 3.26. The molecule has 3 aromatic carbocycles. The number of aliphatic hydroxyl groups is 1. The van der Waals surface area contributed by atoms with Crippen molar-refractivity contribution in [2.24, 2.45) is 5.73 Å². The molecular weight excluding hydrogens is 439 g/mol. The third kappa shape index (κ3) is 3.91. The van der Waals surface area contributed by atoms with Gasteiger partial charge in [0.1, 0.15) is 5.82 Å². The largest absolute Gasteiger partial charge is 0.390 e. The van der Waals surface area contributed by atoms with Crippen LogP contribution in [0.25, 0.3) is 39.3 Å². The van der Waals surface area contributed by atoms with Crippen molar-refractivity contribution < 1.29 is 9.50 Å². The predicted molar refractivity (Wildman–Crippen MR) is 135 cm³/mol. The monoisotopic (exact) mass is 464 g/mol. The summed E-state index contributed by atoms with van der Waals surface area (Å²) in [4.78, 5) is 4.99. The Kier molecular flexibility index (Phi) is 4.85. The van der Waals surface area contributed by atoms with Crippen molar-refractivity contribution in [1.82, 2.24) is 14.6 Å². The van der Waals surface area contributed by atoms with Crippen molar-refractivity contribution in [3.05, 3.63) is 103 Å². The second-order valence-electron chi connectivity index (χ2n) is 9.79. The Hall–Kier alpha value is -3.87. The van der Waals surface area contributed by atoms with Crippen molar-refractivity contribution in [3.8, 4) is 33.6 Å². The van der Waals surface area contributed by atoms with E-state index in [1.165, 1.54) is 12.1 Å². The minimum atomic E-state index is -0.704. The first-order valence-electron chi connectivity index (χ1n) is 11.6. The highest BCUT2D eigenvalue weighted by molar-refractivity contribution is 5.82. The fourth-order valence-corrected chi connectivity index (χ4v) is 5.20. The first kappa shape index (κ1) is 21.6. The summed E-state index contributed by atoms with van der Waals surface area (Å²) < 4.78 is 15.2. The summed E-state index contributed by atoms with van der Waals surface area (Å²) >= 11 is 0. The second-order valence-corrected chi connectivity index (χ2v) is 9.79. The molecule has 5 nitrogen and oxygen atoms in total. The van der Waals surface area contributed by atoms with E-state index in [0.29, 0.717) is 18.5 Å². The van der Waals surface area contributed by atoms with E-state index in [1.54, 1.807) is 16.6 Å².